The molecule has 0 radical (unpaired) electrons. The lowest BCUT2D eigenvalue weighted by atomic mass is 10.2. The van der Waals surface area contributed by atoms with Crippen molar-refractivity contribution in [3.63, 3.8) is 0 Å². The van der Waals surface area contributed by atoms with E-state index in [-0.39, 0.29) is 11.1 Å². The average molecular weight is 259 g/mol. The van der Waals surface area contributed by atoms with Gasteiger partial charge in [0, 0.05) is 0 Å². The second kappa shape index (κ2) is 5.77. The molecule has 19 heavy (non-hydrogen) atoms. The Labute approximate surface area is 108 Å². The van der Waals surface area contributed by atoms with Crippen molar-refractivity contribution in [2.45, 2.75) is 0 Å². The van der Waals surface area contributed by atoms with Crippen molar-refractivity contribution in [1.82, 2.24) is 0 Å². The molecule has 2 aromatic carbocycles. The molecule has 0 aliphatic heterocycles. The Balaban J connectivity index is 1.94. The molecule has 0 atom stereocenters. The number of halogens is 1. The number of carbonyl (C=O) groups is 2. The van der Waals surface area contributed by atoms with E-state index < -0.39 is 17.8 Å². The summed E-state index contributed by atoms with van der Waals surface area (Å²) in [6, 6.07) is 12.8. The predicted octanol–water partition coefficient (Wildman–Crippen LogP) is 2.75. The predicted molar refractivity (Wildman–Crippen MR) is 63.7 cm³/mol. The van der Waals surface area contributed by atoms with Gasteiger partial charge in [-0.1, -0.05) is 18.2 Å². The van der Waals surface area contributed by atoms with Gasteiger partial charge in [0.25, 0.3) is 0 Å². The summed E-state index contributed by atoms with van der Waals surface area (Å²) in [6.07, 6.45) is 0. The molecule has 96 valence electrons. The lowest BCUT2D eigenvalue weighted by Gasteiger charge is -2.03. The Bertz CT molecular complexity index is 578. The van der Waals surface area contributed by atoms with Crippen molar-refractivity contribution in [3.8, 4) is 0 Å². The zero-order valence-corrected chi connectivity index (χ0v) is 9.71. The van der Waals surface area contributed by atoms with Gasteiger partial charge in [0.05, 0.1) is 11.1 Å². The molecule has 0 fully saturated rings. The molecule has 0 spiro atoms. The molecule has 2 aromatic rings. The first-order valence-electron chi connectivity index (χ1n) is 5.40. The molecule has 2 rings (SSSR count). The maximum absolute atomic E-state index is 12.6. The van der Waals surface area contributed by atoms with Crippen molar-refractivity contribution in [2.24, 2.45) is 0 Å². The minimum Gasteiger partial charge on any atom is -0.242 e. The third-order valence-corrected chi connectivity index (χ3v) is 2.28. The molecule has 5 heteroatoms. The number of hydrogen-bond acceptors (Lipinski definition) is 4. The Kier molecular flexibility index (Phi) is 3.87. The van der Waals surface area contributed by atoms with Crippen LogP contribution in [0.15, 0.2) is 54.6 Å². The molecule has 0 aliphatic carbocycles. The second-order valence-electron chi connectivity index (χ2n) is 3.61. The average Bonchev–Trinajstić information content (AvgIpc) is 2.46. The maximum atomic E-state index is 12.6. The molecule has 0 aromatic heterocycles. The Hall–Kier alpha value is -2.69. The van der Waals surface area contributed by atoms with Crippen LogP contribution in [0.3, 0.4) is 0 Å². The van der Waals surface area contributed by atoms with Crippen LogP contribution in [-0.2, 0) is 9.78 Å². The van der Waals surface area contributed by atoms with Crippen LogP contribution < -0.4 is 0 Å². The highest BCUT2D eigenvalue weighted by atomic mass is 18.2. The van der Waals surface area contributed by atoms with Gasteiger partial charge >= 0.3 is 11.9 Å². The SMILES string of the molecule is O=C(OOC(=O)c1ccc([18F])cc1)c1ccccc1. The van der Waals surface area contributed by atoms with Gasteiger partial charge in [-0.3, -0.25) is 0 Å². The van der Waals surface area contributed by atoms with E-state index in [4.69, 9.17) is 0 Å². The van der Waals surface area contributed by atoms with E-state index in [1.165, 1.54) is 24.3 Å². The summed E-state index contributed by atoms with van der Waals surface area (Å²) in [5, 5.41) is 0. The van der Waals surface area contributed by atoms with E-state index in [9.17, 15) is 14.0 Å². The summed E-state index contributed by atoms with van der Waals surface area (Å²) in [5.41, 5.74) is 0.344. The minimum atomic E-state index is -0.871. The van der Waals surface area contributed by atoms with Gasteiger partial charge in [-0.05, 0) is 36.4 Å². The highest BCUT2D eigenvalue weighted by molar-refractivity contribution is 5.92. The number of hydrogen-bond donors (Lipinski definition) is 0. The van der Waals surface area contributed by atoms with Gasteiger partial charge in [-0.25, -0.2) is 23.8 Å². The van der Waals surface area contributed by atoms with E-state index >= 15 is 0 Å². The van der Waals surface area contributed by atoms with Crippen LogP contribution in [0, 0.1) is 5.82 Å². The highest BCUT2D eigenvalue weighted by Gasteiger charge is 2.13. The summed E-state index contributed by atoms with van der Waals surface area (Å²) in [4.78, 5) is 31.7. The van der Waals surface area contributed by atoms with Crippen molar-refractivity contribution in [3.05, 3.63) is 71.5 Å². The van der Waals surface area contributed by atoms with E-state index in [0.717, 1.165) is 12.1 Å². The van der Waals surface area contributed by atoms with Gasteiger partial charge in [0.2, 0.25) is 0 Å². The molecule has 0 amide bonds. The van der Waals surface area contributed by atoms with Gasteiger partial charge in [-0.2, -0.15) is 0 Å². The first-order valence-corrected chi connectivity index (χ1v) is 5.40. The number of rotatable bonds is 2. The van der Waals surface area contributed by atoms with Gasteiger partial charge in [-0.15, -0.1) is 0 Å². The van der Waals surface area contributed by atoms with E-state index in [0.29, 0.717) is 0 Å². The summed E-state index contributed by atoms with van der Waals surface area (Å²) >= 11 is 0. The van der Waals surface area contributed by atoms with Gasteiger partial charge < -0.3 is 0 Å². The summed E-state index contributed by atoms with van der Waals surface area (Å²) < 4.78 is 12.6. The lowest BCUT2D eigenvalue weighted by Crippen LogP contribution is -2.11. The molecule has 0 heterocycles. The minimum absolute atomic E-state index is 0.0854. The zero-order chi connectivity index (χ0) is 13.7. The molecule has 4 nitrogen and oxygen atoms in total. The Morgan fingerprint density at radius 1 is 0.737 bits per heavy atom. The molecule has 0 bridgehead atoms. The fraction of sp³-hybridized carbons (Fsp3) is 0. The quantitative estimate of drug-likeness (QED) is 0.614. The fourth-order valence-corrected chi connectivity index (χ4v) is 1.33. The summed E-state index contributed by atoms with van der Waals surface area (Å²) in [7, 11) is 0. The summed E-state index contributed by atoms with van der Waals surface area (Å²) in [5.74, 6) is -2.13. The molecule has 0 N–H and O–H groups in total. The topological polar surface area (TPSA) is 52.6 Å². The molecule has 0 saturated carbocycles. The zero-order valence-electron chi connectivity index (χ0n) is 9.71. The normalized spacial score (nSPS) is 9.74. The monoisotopic (exact) mass is 259 g/mol. The fourth-order valence-electron chi connectivity index (χ4n) is 1.33. The number of benzene rings is 2. The second-order valence-corrected chi connectivity index (χ2v) is 3.61. The largest absolute Gasteiger partial charge is 0.386 e. The Morgan fingerprint density at radius 2 is 1.21 bits per heavy atom. The van der Waals surface area contributed by atoms with Crippen LogP contribution >= 0.6 is 0 Å². The van der Waals surface area contributed by atoms with Crippen LogP contribution in [0.5, 0.6) is 0 Å². The standard InChI is InChI=1S/C14H9FO4/c15-12-8-6-11(7-9-12)14(17)19-18-13(16)10-4-2-1-3-5-10/h1-9H/i15-1. The van der Waals surface area contributed by atoms with E-state index in [1.807, 2.05) is 0 Å². The van der Waals surface area contributed by atoms with Gasteiger partial charge in [0.1, 0.15) is 5.82 Å². The summed E-state index contributed by atoms with van der Waals surface area (Å²) in [6.45, 7) is 0. The highest BCUT2D eigenvalue weighted by Crippen LogP contribution is 2.06. The van der Waals surface area contributed by atoms with Crippen molar-refractivity contribution >= 4 is 11.9 Å². The molecule has 0 unspecified atom stereocenters. The first-order chi connectivity index (χ1) is 9.16. The lowest BCUT2D eigenvalue weighted by molar-refractivity contribution is -0.187. The van der Waals surface area contributed by atoms with Crippen LogP contribution in [0.1, 0.15) is 20.7 Å². The smallest absolute Gasteiger partial charge is 0.242 e. The van der Waals surface area contributed by atoms with Gasteiger partial charge in [0.15, 0.2) is 0 Å². The van der Waals surface area contributed by atoms with E-state index in [2.05, 4.69) is 9.78 Å². The van der Waals surface area contributed by atoms with Crippen LogP contribution in [0.2, 0.25) is 0 Å². The van der Waals surface area contributed by atoms with Crippen LogP contribution in [0.25, 0.3) is 0 Å². The van der Waals surface area contributed by atoms with Crippen molar-refractivity contribution < 1.29 is 23.8 Å². The third kappa shape index (κ3) is 3.38. The molecular weight excluding hydrogens is 250 g/mol. The van der Waals surface area contributed by atoms with Crippen LogP contribution in [0.4, 0.5) is 4.39 Å². The maximum Gasteiger partial charge on any atom is 0.386 e. The third-order valence-electron chi connectivity index (χ3n) is 2.28. The van der Waals surface area contributed by atoms with Crippen LogP contribution in [-0.4, -0.2) is 11.9 Å². The van der Waals surface area contributed by atoms with Crippen molar-refractivity contribution in [2.75, 3.05) is 0 Å². The number of carbonyl (C=O) groups excluding carboxylic acids is 2. The molecule has 0 aliphatic rings. The van der Waals surface area contributed by atoms with E-state index in [1.54, 1.807) is 18.2 Å². The molecular formula is C14H9FO4. The first kappa shape index (κ1) is 12.8. The Morgan fingerprint density at radius 3 is 1.74 bits per heavy atom. The molecule has 0 saturated heterocycles. The van der Waals surface area contributed by atoms with Crippen molar-refractivity contribution in [1.29, 1.82) is 0 Å².